The van der Waals surface area contributed by atoms with Gasteiger partial charge in [-0.25, -0.2) is 4.39 Å². The number of carbonyl (C=O) groups is 1. The number of amides is 1. The summed E-state index contributed by atoms with van der Waals surface area (Å²) in [6, 6.07) is 5.06. The molecule has 2 rings (SSSR count). The molecule has 1 aliphatic rings. The number of rotatable bonds is 4. The highest BCUT2D eigenvalue weighted by Gasteiger charge is 2.31. The zero-order valence-corrected chi connectivity index (χ0v) is 12.4. The molecule has 0 bridgehead atoms. The molecule has 0 spiro atoms. The molecule has 2 atom stereocenters. The number of carbonyl (C=O) groups excluding carboxylic acids is 1. The van der Waals surface area contributed by atoms with E-state index in [1.165, 1.54) is 0 Å². The number of benzene rings is 1. The summed E-state index contributed by atoms with van der Waals surface area (Å²) in [6.07, 6.45) is 1.88. The highest BCUT2D eigenvalue weighted by atomic mass is 19.1. The lowest BCUT2D eigenvalue weighted by Gasteiger charge is -2.37. The molecule has 0 radical (unpaired) electrons. The Morgan fingerprint density at radius 3 is 2.90 bits per heavy atom. The summed E-state index contributed by atoms with van der Waals surface area (Å²) in [4.78, 5) is 14.3. The molecule has 4 heteroatoms. The zero-order chi connectivity index (χ0) is 14.7. The third kappa shape index (κ3) is 3.01. The Balaban J connectivity index is 2.16. The predicted molar refractivity (Wildman–Crippen MR) is 78.0 cm³/mol. The first-order chi connectivity index (χ1) is 9.54. The Hall–Kier alpha value is -1.42. The van der Waals surface area contributed by atoms with E-state index >= 15 is 0 Å². The number of halogens is 1. The van der Waals surface area contributed by atoms with Gasteiger partial charge in [0.2, 0.25) is 5.91 Å². The minimum atomic E-state index is -0.206. The summed E-state index contributed by atoms with van der Waals surface area (Å²) in [5.74, 6) is -0.0753. The zero-order valence-electron chi connectivity index (χ0n) is 12.4. The number of likely N-dealkylation sites (tertiary alicyclic amines) is 1. The van der Waals surface area contributed by atoms with Crippen molar-refractivity contribution in [1.82, 2.24) is 10.2 Å². The van der Waals surface area contributed by atoms with Crippen LogP contribution in [0, 0.1) is 12.7 Å². The largest absolute Gasteiger partial charge is 0.335 e. The van der Waals surface area contributed by atoms with Crippen molar-refractivity contribution in [3.8, 4) is 0 Å². The second kappa shape index (κ2) is 6.35. The first-order valence-corrected chi connectivity index (χ1v) is 7.34. The highest BCUT2D eigenvalue weighted by molar-refractivity contribution is 5.83. The van der Waals surface area contributed by atoms with Gasteiger partial charge in [-0.1, -0.05) is 19.1 Å². The van der Waals surface area contributed by atoms with Crippen molar-refractivity contribution in [1.29, 1.82) is 0 Å². The molecule has 1 heterocycles. The molecule has 0 saturated carbocycles. The van der Waals surface area contributed by atoms with Crippen LogP contribution in [0.1, 0.15) is 43.9 Å². The first-order valence-electron chi connectivity index (χ1n) is 7.34. The Labute approximate surface area is 120 Å². The second-order valence-electron chi connectivity index (χ2n) is 5.47. The Morgan fingerprint density at radius 2 is 2.25 bits per heavy atom. The van der Waals surface area contributed by atoms with Gasteiger partial charge >= 0.3 is 0 Å². The van der Waals surface area contributed by atoms with E-state index in [-0.39, 0.29) is 23.8 Å². The van der Waals surface area contributed by atoms with Gasteiger partial charge in [-0.2, -0.15) is 0 Å². The summed E-state index contributed by atoms with van der Waals surface area (Å²) in [7, 11) is 0. The fourth-order valence-corrected chi connectivity index (χ4v) is 2.77. The van der Waals surface area contributed by atoms with E-state index in [2.05, 4.69) is 5.32 Å². The molecule has 3 nitrogen and oxygen atoms in total. The lowest BCUT2D eigenvalue weighted by atomic mass is 9.99. The molecule has 20 heavy (non-hydrogen) atoms. The van der Waals surface area contributed by atoms with Gasteiger partial charge in [0.1, 0.15) is 5.82 Å². The van der Waals surface area contributed by atoms with Crippen molar-refractivity contribution < 1.29 is 9.18 Å². The van der Waals surface area contributed by atoms with E-state index in [0.29, 0.717) is 5.56 Å². The molecule has 1 fully saturated rings. The number of likely N-dealkylation sites (N-methyl/N-ethyl adjacent to an activating group) is 1. The average Bonchev–Trinajstić information content (AvgIpc) is 2.44. The van der Waals surface area contributed by atoms with Crippen LogP contribution in [0.15, 0.2) is 18.2 Å². The number of hydrogen-bond donors (Lipinski definition) is 1. The molecule has 0 aromatic heterocycles. The van der Waals surface area contributed by atoms with E-state index in [1.807, 2.05) is 24.8 Å². The van der Waals surface area contributed by atoms with Crippen LogP contribution in [-0.4, -0.2) is 29.9 Å². The van der Waals surface area contributed by atoms with Crippen molar-refractivity contribution in [3.63, 3.8) is 0 Å². The molecular weight excluding hydrogens is 255 g/mol. The van der Waals surface area contributed by atoms with Gasteiger partial charge in [0.05, 0.1) is 12.1 Å². The van der Waals surface area contributed by atoms with Crippen LogP contribution < -0.4 is 5.32 Å². The van der Waals surface area contributed by atoms with Crippen molar-refractivity contribution in [2.45, 2.75) is 45.7 Å². The summed E-state index contributed by atoms with van der Waals surface area (Å²) in [5, 5.41) is 3.23. The third-order valence-corrected chi connectivity index (χ3v) is 4.07. The average molecular weight is 278 g/mol. The minimum Gasteiger partial charge on any atom is -0.335 e. The van der Waals surface area contributed by atoms with Crippen molar-refractivity contribution in [2.24, 2.45) is 0 Å². The van der Waals surface area contributed by atoms with Crippen LogP contribution >= 0.6 is 0 Å². The van der Waals surface area contributed by atoms with E-state index in [9.17, 15) is 9.18 Å². The maximum Gasteiger partial charge on any atom is 0.240 e. The number of nitrogens with zero attached hydrogens (tertiary/aromatic N) is 1. The highest BCUT2D eigenvalue weighted by Crippen LogP contribution is 2.26. The minimum absolute atomic E-state index is 0.0842. The molecule has 110 valence electrons. The molecule has 1 amide bonds. The van der Waals surface area contributed by atoms with Crippen molar-refractivity contribution in [3.05, 3.63) is 35.1 Å². The fraction of sp³-hybridized carbons (Fsp3) is 0.562. The quantitative estimate of drug-likeness (QED) is 0.918. The maximum atomic E-state index is 13.7. The standard InChI is InChI=1S/C16H23FN2O/c1-4-18-15-6-5-9-19(16(15)20)12(3)13-8-7-11(2)14(17)10-13/h7-8,10,12,15,18H,4-6,9H2,1-3H3. The molecular formula is C16H23FN2O. The van der Waals surface area contributed by atoms with Gasteiger partial charge in [-0.3, -0.25) is 4.79 Å². The molecule has 1 aromatic rings. The Morgan fingerprint density at radius 1 is 1.50 bits per heavy atom. The molecule has 1 aromatic carbocycles. The predicted octanol–water partition coefficient (Wildman–Crippen LogP) is 2.80. The van der Waals surface area contributed by atoms with Gasteiger partial charge in [-0.05, 0) is 50.4 Å². The molecule has 1 aliphatic heterocycles. The van der Waals surface area contributed by atoms with Gasteiger partial charge in [0, 0.05) is 6.54 Å². The topological polar surface area (TPSA) is 32.3 Å². The summed E-state index contributed by atoms with van der Waals surface area (Å²) < 4.78 is 13.7. The van der Waals surface area contributed by atoms with E-state index in [1.54, 1.807) is 19.1 Å². The summed E-state index contributed by atoms with van der Waals surface area (Å²) in [6.45, 7) is 7.26. The van der Waals surface area contributed by atoms with Crippen molar-refractivity contribution in [2.75, 3.05) is 13.1 Å². The number of aryl methyl sites for hydroxylation is 1. The van der Waals surface area contributed by atoms with E-state index < -0.39 is 0 Å². The van der Waals surface area contributed by atoms with Gasteiger partial charge in [0.15, 0.2) is 0 Å². The molecule has 1 N–H and O–H groups in total. The van der Waals surface area contributed by atoms with Gasteiger partial charge in [-0.15, -0.1) is 0 Å². The summed E-state index contributed by atoms with van der Waals surface area (Å²) >= 11 is 0. The lowest BCUT2D eigenvalue weighted by molar-refractivity contribution is -0.138. The van der Waals surface area contributed by atoms with E-state index in [0.717, 1.165) is 31.5 Å². The van der Waals surface area contributed by atoms with Crippen LogP contribution in [0.3, 0.4) is 0 Å². The SMILES string of the molecule is CCNC1CCCN(C(C)c2ccc(C)c(F)c2)C1=O. The van der Waals surface area contributed by atoms with Crippen LogP contribution in [-0.2, 0) is 4.79 Å². The maximum absolute atomic E-state index is 13.7. The fourth-order valence-electron chi connectivity index (χ4n) is 2.77. The van der Waals surface area contributed by atoms with Crippen LogP contribution in [0.4, 0.5) is 4.39 Å². The molecule has 2 unspecified atom stereocenters. The Kier molecular flexibility index (Phi) is 4.76. The molecule has 0 aliphatic carbocycles. The number of nitrogens with one attached hydrogen (secondary N) is 1. The van der Waals surface area contributed by atoms with Crippen LogP contribution in [0.2, 0.25) is 0 Å². The third-order valence-electron chi connectivity index (χ3n) is 4.07. The summed E-state index contributed by atoms with van der Waals surface area (Å²) in [5.41, 5.74) is 1.50. The van der Waals surface area contributed by atoms with Crippen molar-refractivity contribution >= 4 is 5.91 Å². The van der Waals surface area contributed by atoms with Crippen LogP contribution in [0.5, 0.6) is 0 Å². The number of piperidine rings is 1. The number of hydrogen-bond acceptors (Lipinski definition) is 2. The Bertz CT molecular complexity index is 487. The van der Waals surface area contributed by atoms with Crippen LogP contribution in [0.25, 0.3) is 0 Å². The van der Waals surface area contributed by atoms with E-state index in [4.69, 9.17) is 0 Å². The first kappa shape index (κ1) is 15.0. The molecule has 1 saturated heterocycles. The lowest BCUT2D eigenvalue weighted by Crippen LogP contribution is -2.51. The monoisotopic (exact) mass is 278 g/mol. The van der Waals surface area contributed by atoms with Gasteiger partial charge < -0.3 is 10.2 Å². The smallest absolute Gasteiger partial charge is 0.240 e. The second-order valence-corrected chi connectivity index (χ2v) is 5.47. The normalized spacial score (nSPS) is 21.1. The van der Waals surface area contributed by atoms with Gasteiger partial charge in [0.25, 0.3) is 0 Å².